The number of para-hydroxylation sites is 4. The lowest BCUT2D eigenvalue weighted by Gasteiger charge is -2.26. The van der Waals surface area contributed by atoms with Gasteiger partial charge >= 0.3 is 0 Å². The molecule has 0 radical (unpaired) electrons. The molecule has 0 amide bonds. The van der Waals surface area contributed by atoms with E-state index in [4.69, 9.17) is 9.97 Å². The van der Waals surface area contributed by atoms with Crippen LogP contribution in [0.5, 0.6) is 0 Å². The second kappa shape index (κ2) is 14.1. The molecule has 1 aromatic heterocycles. The van der Waals surface area contributed by atoms with Gasteiger partial charge in [-0.3, -0.25) is 0 Å². The summed E-state index contributed by atoms with van der Waals surface area (Å²) in [4.78, 5) is 14.6. The third kappa shape index (κ3) is 6.09. The van der Waals surface area contributed by atoms with Gasteiger partial charge in [-0.25, -0.2) is 9.97 Å². The molecular formula is C46H30N6. The number of rotatable bonds is 8. The largest absolute Gasteiger partial charge is 0.311 e. The lowest BCUT2D eigenvalue weighted by molar-refractivity contribution is 1.26. The normalized spacial score (nSPS) is 10.7. The SMILES string of the molecule is N#Cc1ccc(C#N)c2nc(-c3ccc(N(c4ccccc4)c4ccccc4)cc3)c(-c3ccc(N(c4ccccc4)c4ccccc4)cc3)nc12. The fourth-order valence-corrected chi connectivity index (χ4v) is 6.46. The Bertz CT molecular complexity index is 2300. The van der Waals surface area contributed by atoms with E-state index in [2.05, 4.69) is 94.7 Å². The van der Waals surface area contributed by atoms with E-state index in [-0.39, 0.29) is 0 Å². The molecule has 6 nitrogen and oxygen atoms in total. The summed E-state index contributed by atoms with van der Waals surface area (Å²) in [6, 6.07) is 65.2. The molecule has 0 bridgehead atoms. The highest BCUT2D eigenvalue weighted by atomic mass is 15.1. The summed E-state index contributed by atoms with van der Waals surface area (Å²) in [5.74, 6) is 0. The predicted molar refractivity (Wildman–Crippen MR) is 209 cm³/mol. The van der Waals surface area contributed by atoms with Crippen molar-refractivity contribution in [3.05, 3.63) is 193 Å². The molecule has 8 rings (SSSR count). The van der Waals surface area contributed by atoms with Crippen molar-refractivity contribution in [2.45, 2.75) is 0 Å². The van der Waals surface area contributed by atoms with Crippen LogP contribution in [0.1, 0.15) is 11.1 Å². The van der Waals surface area contributed by atoms with E-state index >= 15 is 0 Å². The lowest BCUT2D eigenvalue weighted by Crippen LogP contribution is -2.09. The molecule has 0 saturated carbocycles. The van der Waals surface area contributed by atoms with Gasteiger partial charge in [0.15, 0.2) is 0 Å². The van der Waals surface area contributed by atoms with Crippen LogP contribution in [0.4, 0.5) is 34.1 Å². The van der Waals surface area contributed by atoms with Crippen LogP contribution in [0.3, 0.4) is 0 Å². The minimum Gasteiger partial charge on any atom is -0.311 e. The van der Waals surface area contributed by atoms with Crippen molar-refractivity contribution in [2.75, 3.05) is 9.80 Å². The molecule has 0 saturated heterocycles. The van der Waals surface area contributed by atoms with Crippen molar-refractivity contribution in [3.8, 4) is 34.7 Å². The van der Waals surface area contributed by atoms with Crippen molar-refractivity contribution in [1.82, 2.24) is 9.97 Å². The molecule has 6 heteroatoms. The van der Waals surface area contributed by atoms with Gasteiger partial charge in [-0.2, -0.15) is 10.5 Å². The third-order valence-corrected chi connectivity index (χ3v) is 8.92. The highest BCUT2D eigenvalue weighted by Crippen LogP contribution is 2.39. The molecule has 7 aromatic carbocycles. The zero-order valence-corrected chi connectivity index (χ0v) is 28.0. The van der Waals surface area contributed by atoms with E-state index in [0.29, 0.717) is 33.5 Å². The van der Waals surface area contributed by atoms with Gasteiger partial charge in [-0.05, 0) is 84.9 Å². The first-order valence-electron chi connectivity index (χ1n) is 16.9. The van der Waals surface area contributed by atoms with E-state index in [1.54, 1.807) is 12.1 Å². The molecule has 0 aliphatic heterocycles. The molecule has 0 spiro atoms. The molecule has 0 aliphatic carbocycles. The van der Waals surface area contributed by atoms with Gasteiger partial charge in [-0.1, -0.05) is 97.1 Å². The number of nitrogens with zero attached hydrogens (tertiary/aromatic N) is 6. The topological polar surface area (TPSA) is 79.8 Å². The van der Waals surface area contributed by atoms with Crippen LogP contribution in [-0.4, -0.2) is 9.97 Å². The van der Waals surface area contributed by atoms with Crippen LogP contribution in [0, 0.1) is 22.7 Å². The van der Waals surface area contributed by atoms with E-state index < -0.39 is 0 Å². The average Bonchev–Trinajstić information content (AvgIpc) is 3.22. The van der Waals surface area contributed by atoms with Crippen molar-refractivity contribution in [2.24, 2.45) is 0 Å². The van der Waals surface area contributed by atoms with Crippen molar-refractivity contribution in [3.63, 3.8) is 0 Å². The number of anilines is 6. The Kier molecular flexibility index (Phi) is 8.62. The minimum atomic E-state index is 0.363. The van der Waals surface area contributed by atoms with E-state index in [1.807, 2.05) is 97.1 Å². The lowest BCUT2D eigenvalue weighted by atomic mass is 10.0. The highest BCUT2D eigenvalue weighted by Gasteiger charge is 2.20. The van der Waals surface area contributed by atoms with Crippen molar-refractivity contribution in [1.29, 1.82) is 10.5 Å². The maximum atomic E-state index is 10.0. The van der Waals surface area contributed by atoms with Crippen LogP contribution in [0.25, 0.3) is 33.5 Å². The van der Waals surface area contributed by atoms with E-state index in [0.717, 1.165) is 45.3 Å². The predicted octanol–water partition coefficient (Wildman–Crippen LogP) is 11.6. The summed E-state index contributed by atoms with van der Waals surface area (Å²) in [7, 11) is 0. The number of benzene rings is 7. The molecule has 1 heterocycles. The average molecular weight is 667 g/mol. The number of aromatic nitrogens is 2. The summed E-state index contributed by atoms with van der Waals surface area (Å²) in [6.45, 7) is 0. The van der Waals surface area contributed by atoms with Crippen LogP contribution in [0.2, 0.25) is 0 Å². The Morgan fingerprint density at radius 3 is 0.865 bits per heavy atom. The van der Waals surface area contributed by atoms with Gasteiger partial charge < -0.3 is 9.80 Å². The van der Waals surface area contributed by atoms with Gasteiger partial charge in [-0.15, -0.1) is 0 Å². The molecule has 0 aliphatic rings. The number of hydrogen-bond acceptors (Lipinski definition) is 6. The monoisotopic (exact) mass is 666 g/mol. The standard InChI is InChI=1S/C46H30N6/c47-31-35-21-22-36(32-48)46-45(35)49-43(33-23-27-41(28-24-33)51(37-13-5-1-6-14-37)38-15-7-2-8-16-38)44(50-46)34-25-29-42(30-26-34)52(39-17-9-3-10-18-39)40-19-11-4-12-20-40/h1-30H. The van der Waals surface area contributed by atoms with E-state index in [1.165, 1.54) is 0 Å². The number of nitriles is 2. The van der Waals surface area contributed by atoms with Crippen LogP contribution < -0.4 is 9.80 Å². The molecule has 244 valence electrons. The number of fused-ring (bicyclic) bond motifs is 1. The Hall–Kier alpha value is -7.54. The molecule has 0 fully saturated rings. The minimum absolute atomic E-state index is 0.363. The summed E-state index contributed by atoms with van der Waals surface area (Å²) in [5, 5.41) is 20.0. The van der Waals surface area contributed by atoms with Crippen molar-refractivity contribution >= 4 is 45.2 Å². The third-order valence-electron chi connectivity index (χ3n) is 8.92. The summed E-state index contributed by atoms with van der Waals surface area (Å²) >= 11 is 0. The first-order valence-corrected chi connectivity index (χ1v) is 16.9. The van der Waals surface area contributed by atoms with Gasteiger partial charge in [0.05, 0.1) is 22.5 Å². The summed E-state index contributed by atoms with van der Waals surface area (Å²) < 4.78 is 0. The molecular weight excluding hydrogens is 637 g/mol. The molecule has 52 heavy (non-hydrogen) atoms. The Balaban J connectivity index is 1.27. The highest BCUT2D eigenvalue weighted by molar-refractivity contribution is 5.92. The molecule has 0 atom stereocenters. The Labute approximate surface area is 302 Å². The summed E-state index contributed by atoms with van der Waals surface area (Å²) in [6.07, 6.45) is 0. The molecule has 8 aromatic rings. The first kappa shape index (κ1) is 31.7. The Morgan fingerprint density at radius 1 is 0.327 bits per heavy atom. The first-order chi connectivity index (χ1) is 25.7. The van der Waals surface area contributed by atoms with Crippen LogP contribution in [0.15, 0.2) is 182 Å². The van der Waals surface area contributed by atoms with Gasteiger partial charge in [0, 0.05) is 45.3 Å². The smallest absolute Gasteiger partial charge is 0.109 e. The van der Waals surface area contributed by atoms with Gasteiger partial charge in [0.1, 0.15) is 23.2 Å². The Morgan fingerprint density at radius 2 is 0.596 bits per heavy atom. The zero-order valence-electron chi connectivity index (χ0n) is 28.0. The quantitative estimate of drug-likeness (QED) is 0.161. The zero-order chi connectivity index (χ0) is 35.3. The van der Waals surface area contributed by atoms with E-state index in [9.17, 15) is 10.5 Å². The van der Waals surface area contributed by atoms with Crippen molar-refractivity contribution < 1.29 is 0 Å². The molecule has 0 N–H and O–H groups in total. The van der Waals surface area contributed by atoms with Gasteiger partial charge in [0.25, 0.3) is 0 Å². The van der Waals surface area contributed by atoms with Crippen LogP contribution in [-0.2, 0) is 0 Å². The summed E-state index contributed by atoms with van der Waals surface area (Å²) in [5.41, 5.74) is 10.5. The fraction of sp³-hybridized carbons (Fsp3) is 0. The van der Waals surface area contributed by atoms with Crippen LogP contribution >= 0.6 is 0 Å². The maximum Gasteiger partial charge on any atom is 0.109 e. The second-order valence-corrected chi connectivity index (χ2v) is 12.1. The fourth-order valence-electron chi connectivity index (χ4n) is 6.46. The second-order valence-electron chi connectivity index (χ2n) is 12.1. The number of hydrogen-bond donors (Lipinski definition) is 0. The molecule has 0 unspecified atom stereocenters. The maximum absolute atomic E-state index is 10.0. The van der Waals surface area contributed by atoms with Gasteiger partial charge in [0.2, 0.25) is 0 Å².